The van der Waals surface area contributed by atoms with Gasteiger partial charge in [0.05, 0.1) is 23.8 Å². The van der Waals surface area contributed by atoms with Gasteiger partial charge in [0.15, 0.2) is 11.6 Å². The van der Waals surface area contributed by atoms with Crippen molar-refractivity contribution in [3.63, 3.8) is 0 Å². The summed E-state index contributed by atoms with van der Waals surface area (Å²) in [5, 5.41) is 23.8. The summed E-state index contributed by atoms with van der Waals surface area (Å²) in [6.07, 6.45) is 6.73. The third kappa shape index (κ3) is 4.92. The molecule has 12 heteroatoms. The summed E-state index contributed by atoms with van der Waals surface area (Å²) in [4.78, 5) is 25.4. The summed E-state index contributed by atoms with van der Waals surface area (Å²) < 4.78 is 3.30. The van der Waals surface area contributed by atoms with Gasteiger partial charge < -0.3 is 15.3 Å². The van der Waals surface area contributed by atoms with Gasteiger partial charge in [0.25, 0.3) is 5.91 Å². The Morgan fingerprint density at radius 1 is 1.06 bits per heavy atom. The van der Waals surface area contributed by atoms with E-state index in [2.05, 4.69) is 35.7 Å². The van der Waals surface area contributed by atoms with Crippen molar-refractivity contribution < 1.29 is 9.90 Å². The number of aromatic nitrogens is 8. The molecule has 0 saturated carbocycles. The highest BCUT2D eigenvalue weighted by atomic mass is 16.3. The molecule has 0 spiro atoms. The standard InChI is InChI=1S/C15H13N9.C5H9NO2/c1-23-9-6-13(21-23)20-15-16-7-5-12(19-15)11-3-2-4-14(18-11)24-10-8-17-22-24;1-6-3-2-4(7)5(6)8/h2-10H,1H3,(H,16,19,20,21);4,7H,2-3H2,1H3. The quantitative estimate of drug-likeness (QED) is 0.477. The zero-order chi connectivity index (χ0) is 22.5. The molecule has 1 aliphatic heterocycles. The molecule has 4 aromatic rings. The molecule has 4 aromatic heterocycles. The van der Waals surface area contributed by atoms with Crippen molar-refractivity contribution >= 4 is 17.7 Å². The van der Waals surface area contributed by atoms with Crippen LogP contribution >= 0.6 is 0 Å². The van der Waals surface area contributed by atoms with Crippen molar-refractivity contribution in [2.24, 2.45) is 7.05 Å². The number of carbonyl (C=O) groups excluding carboxylic acids is 1. The summed E-state index contributed by atoms with van der Waals surface area (Å²) in [5.74, 6) is 1.66. The zero-order valence-corrected chi connectivity index (χ0v) is 17.6. The molecule has 5 heterocycles. The van der Waals surface area contributed by atoms with Crippen molar-refractivity contribution in [2.75, 3.05) is 18.9 Å². The molecule has 1 fully saturated rings. The number of aliphatic hydroxyl groups excluding tert-OH is 1. The lowest BCUT2D eigenvalue weighted by molar-refractivity contribution is -0.133. The number of anilines is 2. The Balaban J connectivity index is 0.000000260. The van der Waals surface area contributed by atoms with Crippen LogP contribution in [0.1, 0.15) is 6.42 Å². The number of nitrogens with zero attached hydrogens (tertiary/aromatic N) is 9. The SMILES string of the molecule is CN1CCC(O)C1=O.Cn1ccc(Nc2nccc(-c3cccc(-n4ccnn4)n3)n2)n1. The van der Waals surface area contributed by atoms with Crippen molar-refractivity contribution in [2.45, 2.75) is 12.5 Å². The predicted octanol–water partition coefficient (Wildman–Crippen LogP) is 0.806. The smallest absolute Gasteiger partial charge is 0.251 e. The lowest BCUT2D eigenvalue weighted by Crippen LogP contribution is -2.24. The summed E-state index contributed by atoms with van der Waals surface area (Å²) in [5.41, 5.74) is 1.42. The van der Waals surface area contributed by atoms with Crippen molar-refractivity contribution in [1.29, 1.82) is 0 Å². The Morgan fingerprint density at radius 2 is 1.91 bits per heavy atom. The molecule has 1 amide bonds. The fraction of sp³-hybridized carbons (Fsp3) is 0.250. The maximum absolute atomic E-state index is 10.6. The van der Waals surface area contributed by atoms with Crippen molar-refractivity contribution in [3.8, 4) is 17.2 Å². The number of rotatable bonds is 4. The lowest BCUT2D eigenvalue weighted by Gasteiger charge is -2.05. The van der Waals surface area contributed by atoms with E-state index in [1.165, 1.54) is 4.90 Å². The van der Waals surface area contributed by atoms with E-state index < -0.39 is 6.10 Å². The molecule has 5 rings (SSSR count). The lowest BCUT2D eigenvalue weighted by atomic mass is 10.2. The van der Waals surface area contributed by atoms with Crippen LogP contribution in [0, 0.1) is 0 Å². The number of likely N-dealkylation sites (tertiary alicyclic amines) is 1. The van der Waals surface area contributed by atoms with E-state index in [-0.39, 0.29) is 5.91 Å². The first-order valence-corrected chi connectivity index (χ1v) is 9.86. The van der Waals surface area contributed by atoms with E-state index in [1.807, 2.05) is 37.5 Å². The Hall–Kier alpha value is -4.19. The molecule has 1 atom stereocenters. The first-order chi connectivity index (χ1) is 15.5. The highest BCUT2D eigenvalue weighted by molar-refractivity contribution is 5.82. The average Bonchev–Trinajstić information content (AvgIpc) is 3.55. The Morgan fingerprint density at radius 3 is 2.53 bits per heavy atom. The molecule has 12 nitrogen and oxygen atoms in total. The summed E-state index contributed by atoms with van der Waals surface area (Å²) in [7, 11) is 3.54. The van der Waals surface area contributed by atoms with Gasteiger partial charge >= 0.3 is 0 Å². The second-order valence-corrected chi connectivity index (χ2v) is 7.06. The Kier molecular flexibility index (Phi) is 6.12. The molecule has 2 N–H and O–H groups in total. The molecule has 1 unspecified atom stereocenters. The third-order valence-corrected chi connectivity index (χ3v) is 4.66. The average molecular weight is 434 g/mol. The summed E-state index contributed by atoms with van der Waals surface area (Å²) in [6, 6.07) is 9.28. The number of hydrogen-bond acceptors (Lipinski definition) is 9. The maximum Gasteiger partial charge on any atom is 0.251 e. The minimum atomic E-state index is -0.722. The zero-order valence-electron chi connectivity index (χ0n) is 17.6. The minimum absolute atomic E-state index is 0.148. The second-order valence-electron chi connectivity index (χ2n) is 7.06. The number of pyridine rings is 1. The van der Waals surface area contributed by atoms with Crippen LogP contribution in [0.4, 0.5) is 11.8 Å². The molecule has 1 saturated heterocycles. The summed E-state index contributed by atoms with van der Waals surface area (Å²) in [6.45, 7) is 0.694. The van der Waals surface area contributed by atoms with Gasteiger partial charge in [-0.2, -0.15) is 5.10 Å². The number of hydrogen-bond donors (Lipinski definition) is 2. The Bertz CT molecular complexity index is 1180. The van der Waals surface area contributed by atoms with Crippen LogP contribution in [-0.2, 0) is 11.8 Å². The van der Waals surface area contributed by atoms with Crippen LogP contribution in [-0.4, -0.2) is 75.3 Å². The maximum atomic E-state index is 10.6. The van der Waals surface area contributed by atoms with Crippen LogP contribution in [0.15, 0.2) is 55.1 Å². The molecule has 0 aliphatic carbocycles. The van der Waals surface area contributed by atoms with Gasteiger partial charge in [-0.05, 0) is 24.6 Å². The second kappa shape index (κ2) is 9.31. The van der Waals surface area contributed by atoms with Gasteiger partial charge in [-0.3, -0.25) is 9.48 Å². The van der Waals surface area contributed by atoms with Gasteiger partial charge in [-0.1, -0.05) is 11.3 Å². The molecule has 32 heavy (non-hydrogen) atoms. The molecule has 1 aliphatic rings. The van der Waals surface area contributed by atoms with Crippen LogP contribution in [0.3, 0.4) is 0 Å². The van der Waals surface area contributed by atoms with Gasteiger partial charge in [0, 0.05) is 39.1 Å². The van der Waals surface area contributed by atoms with Gasteiger partial charge in [-0.25, -0.2) is 19.6 Å². The largest absolute Gasteiger partial charge is 0.383 e. The highest BCUT2D eigenvalue weighted by Crippen LogP contribution is 2.18. The number of aryl methyl sites for hydroxylation is 1. The van der Waals surface area contributed by atoms with Crippen LogP contribution in [0.2, 0.25) is 0 Å². The minimum Gasteiger partial charge on any atom is -0.383 e. The molecular weight excluding hydrogens is 412 g/mol. The number of aliphatic hydroxyl groups is 1. The monoisotopic (exact) mass is 434 g/mol. The van der Waals surface area contributed by atoms with Gasteiger partial charge in [0.1, 0.15) is 6.10 Å². The van der Waals surface area contributed by atoms with Crippen LogP contribution < -0.4 is 5.32 Å². The fourth-order valence-electron chi connectivity index (χ4n) is 2.99. The number of nitrogens with one attached hydrogen (secondary N) is 1. The molecule has 164 valence electrons. The molecule has 0 radical (unpaired) electrons. The molecular formula is C20H22N10O2. The van der Waals surface area contributed by atoms with Crippen molar-refractivity contribution in [1.82, 2.24) is 44.6 Å². The van der Waals surface area contributed by atoms with Gasteiger partial charge in [0.2, 0.25) is 5.95 Å². The third-order valence-electron chi connectivity index (χ3n) is 4.66. The predicted molar refractivity (Wildman–Crippen MR) is 115 cm³/mol. The van der Waals surface area contributed by atoms with E-state index in [4.69, 9.17) is 5.11 Å². The number of amides is 1. The summed E-state index contributed by atoms with van der Waals surface area (Å²) >= 11 is 0. The van der Waals surface area contributed by atoms with E-state index in [0.29, 0.717) is 36.2 Å². The van der Waals surface area contributed by atoms with E-state index >= 15 is 0 Å². The fourth-order valence-corrected chi connectivity index (χ4v) is 2.99. The topological polar surface area (TPSA) is 140 Å². The van der Waals surface area contributed by atoms with Crippen LogP contribution in [0.5, 0.6) is 0 Å². The van der Waals surface area contributed by atoms with E-state index in [0.717, 1.165) is 5.69 Å². The highest BCUT2D eigenvalue weighted by Gasteiger charge is 2.25. The number of likely N-dealkylation sites (N-methyl/N-ethyl adjacent to an activating group) is 1. The first kappa shape index (κ1) is 21.1. The van der Waals surface area contributed by atoms with Crippen LogP contribution in [0.25, 0.3) is 17.2 Å². The normalized spacial score (nSPS) is 15.4. The van der Waals surface area contributed by atoms with Crippen molar-refractivity contribution in [3.05, 3.63) is 55.1 Å². The molecule has 0 bridgehead atoms. The van der Waals surface area contributed by atoms with E-state index in [9.17, 15) is 4.79 Å². The van der Waals surface area contributed by atoms with E-state index in [1.54, 1.807) is 41.1 Å². The molecule has 0 aromatic carbocycles. The van der Waals surface area contributed by atoms with Gasteiger partial charge in [-0.15, -0.1) is 5.10 Å². The first-order valence-electron chi connectivity index (χ1n) is 9.86. The Labute approximate surface area is 183 Å². The number of carbonyl (C=O) groups is 1.